The third-order valence-corrected chi connectivity index (χ3v) is 3.43. The van der Waals surface area contributed by atoms with E-state index in [4.69, 9.17) is 0 Å². The number of carbonyl (C=O) groups excluding carboxylic acids is 3. The number of carbonyl (C=O) groups is 3. The van der Waals surface area contributed by atoms with Gasteiger partial charge in [0.2, 0.25) is 5.91 Å². The predicted molar refractivity (Wildman–Crippen MR) is 94.2 cm³/mol. The van der Waals surface area contributed by atoms with Gasteiger partial charge in [-0.25, -0.2) is 0 Å². The fourth-order valence-electron chi connectivity index (χ4n) is 2.37. The Morgan fingerprint density at radius 3 is 2.33 bits per heavy atom. The lowest BCUT2D eigenvalue weighted by atomic mass is 10.1. The second-order valence-corrected chi connectivity index (χ2v) is 5.39. The van der Waals surface area contributed by atoms with Crippen LogP contribution >= 0.6 is 0 Å². The molecule has 24 heavy (non-hydrogen) atoms. The van der Waals surface area contributed by atoms with Crippen molar-refractivity contribution in [3.05, 3.63) is 60.2 Å². The number of ketones is 1. The summed E-state index contributed by atoms with van der Waals surface area (Å²) in [5, 5.41) is 2.63. The Labute approximate surface area is 141 Å². The molecule has 2 aromatic rings. The van der Waals surface area contributed by atoms with E-state index >= 15 is 0 Å². The Hall–Kier alpha value is -2.95. The lowest BCUT2D eigenvalue weighted by molar-refractivity contribution is -0.124. The molecule has 5 nitrogen and oxygen atoms in total. The number of benzene rings is 2. The highest BCUT2D eigenvalue weighted by atomic mass is 16.2. The van der Waals surface area contributed by atoms with Gasteiger partial charge in [-0.1, -0.05) is 24.3 Å². The third-order valence-electron chi connectivity index (χ3n) is 3.43. The molecule has 0 saturated carbocycles. The van der Waals surface area contributed by atoms with Crippen molar-refractivity contribution in [2.45, 2.75) is 20.3 Å². The van der Waals surface area contributed by atoms with Gasteiger partial charge in [0, 0.05) is 23.5 Å². The van der Waals surface area contributed by atoms with Crippen molar-refractivity contribution >= 4 is 29.0 Å². The Bertz CT molecular complexity index is 741. The molecule has 2 rings (SSSR count). The largest absolute Gasteiger partial charge is 0.326 e. The smallest absolute Gasteiger partial charge is 0.258 e. The molecule has 5 heteroatoms. The molecule has 1 N–H and O–H groups in total. The highest BCUT2D eigenvalue weighted by molar-refractivity contribution is 6.08. The molecule has 124 valence electrons. The Morgan fingerprint density at radius 2 is 1.71 bits per heavy atom. The number of hydrogen-bond donors (Lipinski definition) is 1. The Balaban J connectivity index is 2.19. The number of hydrogen-bond acceptors (Lipinski definition) is 3. The molecule has 0 fully saturated rings. The summed E-state index contributed by atoms with van der Waals surface area (Å²) in [6, 6.07) is 16.1. The maximum Gasteiger partial charge on any atom is 0.258 e. The second kappa shape index (κ2) is 8.06. The molecule has 0 aliphatic heterocycles. The zero-order valence-electron chi connectivity index (χ0n) is 13.8. The van der Waals surface area contributed by atoms with Crippen LogP contribution in [-0.4, -0.2) is 24.1 Å². The quantitative estimate of drug-likeness (QED) is 0.829. The second-order valence-electron chi connectivity index (χ2n) is 5.39. The van der Waals surface area contributed by atoms with Crippen molar-refractivity contribution in [2.75, 3.05) is 16.8 Å². The van der Waals surface area contributed by atoms with Gasteiger partial charge in [-0.15, -0.1) is 0 Å². The molecule has 0 spiro atoms. The molecule has 0 saturated heterocycles. The number of nitrogens with zero attached hydrogens (tertiary/aromatic N) is 1. The summed E-state index contributed by atoms with van der Waals surface area (Å²) in [5.41, 5.74) is 1.79. The molecular formula is C19H20N2O3. The van der Waals surface area contributed by atoms with Crippen molar-refractivity contribution in [3.63, 3.8) is 0 Å². The highest BCUT2D eigenvalue weighted by Gasteiger charge is 2.16. The number of nitrogens with one attached hydrogen (secondary N) is 1. The van der Waals surface area contributed by atoms with Crippen LogP contribution in [0.1, 0.15) is 30.6 Å². The van der Waals surface area contributed by atoms with Gasteiger partial charge in [0.1, 0.15) is 5.78 Å². The van der Waals surface area contributed by atoms with Crippen LogP contribution in [0.3, 0.4) is 0 Å². The van der Waals surface area contributed by atoms with Crippen LogP contribution in [0.2, 0.25) is 0 Å². The Kier molecular flexibility index (Phi) is 5.84. The molecule has 0 unspecified atom stereocenters. The van der Waals surface area contributed by atoms with Gasteiger partial charge in [0.05, 0.1) is 6.42 Å². The summed E-state index contributed by atoms with van der Waals surface area (Å²) >= 11 is 0. The fourth-order valence-corrected chi connectivity index (χ4v) is 2.37. The minimum Gasteiger partial charge on any atom is -0.326 e. The van der Waals surface area contributed by atoms with Gasteiger partial charge in [0.15, 0.2) is 0 Å². The van der Waals surface area contributed by atoms with Gasteiger partial charge < -0.3 is 10.2 Å². The first kappa shape index (κ1) is 17.4. The van der Waals surface area contributed by atoms with Crippen molar-refractivity contribution in [1.82, 2.24) is 0 Å². The number of anilines is 2. The van der Waals surface area contributed by atoms with Crippen molar-refractivity contribution < 1.29 is 14.4 Å². The summed E-state index contributed by atoms with van der Waals surface area (Å²) in [6.07, 6.45) is -0.177. The first-order chi connectivity index (χ1) is 11.5. The average molecular weight is 324 g/mol. The fraction of sp³-hybridized carbons (Fsp3) is 0.211. The predicted octanol–water partition coefficient (Wildman–Crippen LogP) is 3.27. The lowest BCUT2D eigenvalue weighted by Gasteiger charge is -2.21. The highest BCUT2D eigenvalue weighted by Crippen LogP contribution is 2.18. The van der Waals surface area contributed by atoms with Gasteiger partial charge in [-0.3, -0.25) is 14.4 Å². The number of amides is 2. The zero-order valence-corrected chi connectivity index (χ0v) is 13.8. The van der Waals surface area contributed by atoms with Crippen LogP contribution in [-0.2, 0) is 9.59 Å². The maximum absolute atomic E-state index is 12.8. The van der Waals surface area contributed by atoms with E-state index in [2.05, 4.69) is 5.32 Å². The summed E-state index contributed by atoms with van der Waals surface area (Å²) in [6.45, 7) is 3.80. The summed E-state index contributed by atoms with van der Waals surface area (Å²) in [7, 11) is 0. The van der Waals surface area contributed by atoms with Crippen LogP contribution in [0.15, 0.2) is 54.6 Å². The zero-order chi connectivity index (χ0) is 17.5. The molecule has 0 atom stereocenters. The average Bonchev–Trinajstić information content (AvgIpc) is 2.56. The van der Waals surface area contributed by atoms with Crippen LogP contribution in [0.5, 0.6) is 0 Å². The summed E-state index contributed by atoms with van der Waals surface area (Å²) in [4.78, 5) is 37.1. The normalized spacial score (nSPS) is 10.1. The van der Waals surface area contributed by atoms with E-state index in [1.165, 1.54) is 6.92 Å². The molecule has 0 aromatic heterocycles. The van der Waals surface area contributed by atoms with Crippen molar-refractivity contribution in [3.8, 4) is 0 Å². The number of para-hydroxylation sites is 1. The number of Topliss-reactive ketones (excluding diaryl/α,β-unsaturated/α-hetero) is 1. The van der Waals surface area contributed by atoms with Crippen LogP contribution in [0.4, 0.5) is 11.4 Å². The first-order valence-electron chi connectivity index (χ1n) is 7.77. The molecule has 0 aliphatic carbocycles. The van der Waals surface area contributed by atoms with E-state index in [0.717, 1.165) is 5.69 Å². The Morgan fingerprint density at radius 1 is 1.00 bits per heavy atom. The van der Waals surface area contributed by atoms with E-state index in [0.29, 0.717) is 17.8 Å². The molecule has 0 heterocycles. The molecule has 0 radical (unpaired) electrons. The minimum atomic E-state index is -0.387. The van der Waals surface area contributed by atoms with Crippen molar-refractivity contribution in [2.24, 2.45) is 0 Å². The van der Waals surface area contributed by atoms with E-state index < -0.39 is 0 Å². The van der Waals surface area contributed by atoms with Gasteiger partial charge in [-0.2, -0.15) is 0 Å². The topological polar surface area (TPSA) is 66.5 Å². The van der Waals surface area contributed by atoms with E-state index in [9.17, 15) is 14.4 Å². The summed E-state index contributed by atoms with van der Waals surface area (Å²) < 4.78 is 0. The first-order valence-corrected chi connectivity index (χ1v) is 7.77. The number of rotatable bonds is 6. The third kappa shape index (κ3) is 4.52. The molecule has 0 aliphatic rings. The van der Waals surface area contributed by atoms with Crippen LogP contribution < -0.4 is 10.2 Å². The van der Waals surface area contributed by atoms with Gasteiger partial charge >= 0.3 is 0 Å². The van der Waals surface area contributed by atoms with E-state index in [-0.39, 0.29) is 24.0 Å². The molecule has 0 bridgehead atoms. The molecule has 2 aromatic carbocycles. The van der Waals surface area contributed by atoms with Crippen LogP contribution in [0, 0.1) is 0 Å². The van der Waals surface area contributed by atoms with Gasteiger partial charge in [-0.05, 0) is 44.2 Å². The summed E-state index contributed by atoms with van der Waals surface area (Å²) in [5.74, 6) is -0.741. The van der Waals surface area contributed by atoms with Crippen LogP contribution in [0.25, 0.3) is 0 Å². The van der Waals surface area contributed by atoms with E-state index in [1.54, 1.807) is 29.2 Å². The lowest BCUT2D eigenvalue weighted by Crippen LogP contribution is -2.30. The van der Waals surface area contributed by atoms with E-state index in [1.807, 2.05) is 37.3 Å². The van der Waals surface area contributed by atoms with Gasteiger partial charge in [0.25, 0.3) is 5.91 Å². The standard InChI is InChI=1S/C19H20N2O3/c1-3-21(17-10-5-4-6-11-17)19(24)15-8-7-9-16(13-15)20-18(23)12-14(2)22/h4-11,13H,3,12H2,1-2H3,(H,20,23). The maximum atomic E-state index is 12.8. The molecular weight excluding hydrogens is 304 g/mol. The SMILES string of the molecule is CCN(C(=O)c1cccc(NC(=O)CC(C)=O)c1)c1ccccc1. The monoisotopic (exact) mass is 324 g/mol. The minimum absolute atomic E-state index is 0.147. The van der Waals surface area contributed by atoms with Crippen molar-refractivity contribution in [1.29, 1.82) is 0 Å². The molecule has 2 amide bonds.